The number of imidazole rings is 1. The number of piperidine rings is 1. The van der Waals surface area contributed by atoms with Crippen LogP contribution in [0.3, 0.4) is 0 Å². The summed E-state index contributed by atoms with van der Waals surface area (Å²) < 4.78 is 1.95. The maximum Gasteiger partial charge on any atom is 0.204 e. The molecular weight excluding hydrogens is 214 g/mol. The first-order valence-electron chi connectivity index (χ1n) is 6.50. The van der Waals surface area contributed by atoms with Gasteiger partial charge in [0, 0.05) is 24.4 Å². The van der Waals surface area contributed by atoms with E-state index in [2.05, 4.69) is 17.2 Å². The number of rotatable bonds is 4. The second-order valence-electron chi connectivity index (χ2n) is 4.75. The van der Waals surface area contributed by atoms with Crippen molar-refractivity contribution in [2.45, 2.75) is 39.7 Å². The molecule has 1 aliphatic rings. The van der Waals surface area contributed by atoms with Crippen LogP contribution in [0.2, 0.25) is 0 Å². The molecule has 2 rings (SSSR count). The monoisotopic (exact) mass is 235 g/mol. The van der Waals surface area contributed by atoms with Gasteiger partial charge in [-0.3, -0.25) is 4.79 Å². The molecule has 4 nitrogen and oxygen atoms in total. The first-order valence-corrected chi connectivity index (χ1v) is 6.50. The molecule has 1 aromatic heterocycles. The van der Waals surface area contributed by atoms with Crippen LogP contribution in [0.5, 0.6) is 0 Å². The molecule has 1 aromatic rings. The van der Waals surface area contributed by atoms with E-state index in [4.69, 9.17) is 0 Å². The Kier molecular flexibility index (Phi) is 3.62. The van der Waals surface area contributed by atoms with Gasteiger partial charge in [0.05, 0.1) is 0 Å². The molecule has 0 aromatic carbocycles. The molecule has 0 amide bonds. The zero-order valence-electron chi connectivity index (χ0n) is 10.7. The van der Waals surface area contributed by atoms with Crippen LogP contribution in [0.4, 0.5) is 0 Å². The Morgan fingerprint density at radius 1 is 1.47 bits per heavy atom. The summed E-state index contributed by atoms with van der Waals surface area (Å²) in [5.41, 5.74) is -0.191. The molecular formula is C13H21N3O. The van der Waals surface area contributed by atoms with E-state index in [0.29, 0.717) is 5.82 Å². The van der Waals surface area contributed by atoms with Crippen molar-refractivity contribution in [3.63, 3.8) is 0 Å². The maximum absolute atomic E-state index is 12.7. The third-order valence-corrected chi connectivity index (χ3v) is 3.98. The van der Waals surface area contributed by atoms with Crippen LogP contribution in [0.25, 0.3) is 0 Å². The summed E-state index contributed by atoms with van der Waals surface area (Å²) in [5, 5.41) is 3.32. The number of carbonyl (C=O) groups is 1. The van der Waals surface area contributed by atoms with Crippen LogP contribution < -0.4 is 5.32 Å². The van der Waals surface area contributed by atoms with E-state index in [-0.39, 0.29) is 11.2 Å². The lowest BCUT2D eigenvalue weighted by Crippen LogP contribution is -2.42. The van der Waals surface area contributed by atoms with Gasteiger partial charge in [-0.2, -0.15) is 0 Å². The van der Waals surface area contributed by atoms with Gasteiger partial charge in [-0.15, -0.1) is 0 Å². The van der Waals surface area contributed by atoms with Crippen molar-refractivity contribution in [3.05, 3.63) is 18.2 Å². The minimum Gasteiger partial charge on any atom is -0.329 e. The number of aromatic nitrogens is 2. The number of aryl methyl sites for hydroxylation is 1. The largest absolute Gasteiger partial charge is 0.329 e. The molecule has 0 saturated carbocycles. The summed E-state index contributed by atoms with van der Waals surface area (Å²) in [6.07, 6.45) is 6.38. The average Bonchev–Trinajstić information content (AvgIpc) is 2.86. The lowest BCUT2D eigenvalue weighted by molar-refractivity contribution is 0.0701. The van der Waals surface area contributed by atoms with Gasteiger partial charge >= 0.3 is 0 Å². The van der Waals surface area contributed by atoms with E-state index in [1.54, 1.807) is 6.20 Å². The molecule has 1 fully saturated rings. The van der Waals surface area contributed by atoms with Crippen molar-refractivity contribution >= 4 is 5.78 Å². The Morgan fingerprint density at radius 3 is 2.76 bits per heavy atom. The molecule has 94 valence electrons. The van der Waals surface area contributed by atoms with Crippen LogP contribution >= 0.6 is 0 Å². The number of nitrogens with zero attached hydrogens (tertiary/aromatic N) is 2. The fourth-order valence-corrected chi connectivity index (χ4v) is 2.66. The van der Waals surface area contributed by atoms with Gasteiger partial charge in [0.2, 0.25) is 5.78 Å². The number of carbonyl (C=O) groups excluding carboxylic acids is 1. The fraction of sp³-hybridized carbons (Fsp3) is 0.692. The summed E-state index contributed by atoms with van der Waals surface area (Å²) in [4.78, 5) is 16.9. The van der Waals surface area contributed by atoms with Crippen molar-refractivity contribution in [1.29, 1.82) is 0 Å². The highest BCUT2D eigenvalue weighted by Gasteiger charge is 2.39. The van der Waals surface area contributed by atoms with Crippen molar-refractivity contribution in [1.82, 2.24) is 14.9 Å². The van der Waals surface area contributed by atoms with Gasteiger partial charge in [0.1, 0.15) is 0 Å². The first-order chi connectivity index (χ1) is 8.23. The standard InChI is InChI=1S/C13H21N3O/c1-3-13(5-7-14-8-6-13)11(17)12-15-9-10-16(12)4-2/h9-10,14H,3-8H2,1-2H3. The predicted molar refractivity (Wildman–Crippen MR) is 67.1 cm³/mol. The Hall–Kier alpha value is -1.16. The van der Waals surface area contributed by atoms with Gasteiger partial charge < -0.3 is 9.88 Å². The Morgan fingerprint density at radius 2 is 2.18 bits per heavy atom. The quantitative estimate of drug-likeness (QED) is 0.810. The van der Waals surface area contributed by atoms with E-state index in [0.717, 1.165) is 38.9 Å². The van der Waals surface area contributed by atoms with Crippen LogP contribution in [-0.4, -0.2) is 28.4 Å². The maximum atomic E-state index is 12.7. The van der Waals surface area contributed by atoms with Gasteiger partial charge in [-0.05, 0) is 39.3 Å². The molecule has 1 saturated heterocycles. The van der Waals surface area contributed by atoms with Gasteiger partial charge in [-0.25, -0.2) is 4.98 Å². The molecule has 0 unspecified atom stereocenters. The fourth-order valence-electron chi connectivity index (χ4n) is 2.66. The lowest BCUT2D eigenvalue weighted by atomic mass is 9.73. The SMILES string of the molecule is CCn1ccnc1C(=O)C1(CC)CCNCC1. The summed E-state index contributed by atoms with van der Waals surface area (Å²) in [6, 6.07) is 0. The number of hydrogen-bond donors (Lipinski definition) is 1. The molecule has 0 bridgehead atoms. The molecule has 17 heavy (non-hydrogen) atoms. The highest BCUT2D eigenvalue weighted by atomic mass is 16.1. The van der Waals surface area contributed by atoms with Gasteiger partial charge in [0.25, 0.3) is 0 Å². The van der Waals surface area contributed by atoms with Gasteiger partial charge in [-0.1, -0.05) is 6.92 Å². The minimum absolute atomic E-state index is 0.191. The van der Waals surface area contributed by atoms with Crippen LogP contribution in [-0.2, 0) is 6.54 Å². The Labute approximate surface area is 102 Å². The summed E-state index contributed by atoms with van der Waals surface area (Å²) >= 11 is 0. The second-order valence-corrected chi connectivity index (χ2v) is 4.75. The first kappa shape index (κ1) is 12.3. The summed E-state index contributed by atoms with van der Waals surface area (Å²) in [7, 11) is 0. The zero-order chi connectivity index (χ0) is 12.3. The normalized spacial score (nSPS) is 19.2. The molecule has 0 atom stereocenters. The van der Waals surface area contributed by atoms with Crippen molar-refractivity contribution in [2.24, 2.45) is 5.41 Å². The molecule has 0 radical (unpaired) electrons. The Balaban J connectivity index is 2.28. The smallest absolute Gasteiger partial charge is 0.204 e. The highest BCUT2D eigenvalue weighted by molar-refractivity contribution is 5.97. The summed E-state index contributed by atoms with van der Waals surface area (Å²) in [5.74, 6) is 0.865. The molecule has 2 heterocycles. The molecule has 0 aliphatic carbocycles. The van der Waals surface area contributed by atoms with Gasteiger partial charge in [0.15, 0.2) is 5.82 Å². The van der Waals surface area contributed by atoms with Crippen molar-refractivity contribution < 1.29 is 4.79 Å². The van der Waals surface area contributed by atoms with Crippen LogP contribution in [0.1, 0.15) is 43.7 Å². The molecule has 0 spiro atoms. The number of nitrogens with one attached hydrogen (secondary N) is 1. The second kappa shape index (κ2) is 5.00. The average molecular weight is 235 g/mol. The minimum atomic E-state index is -0.191. The van der Waals surface area contributed by atoms with E-state index >= 15 is 0 Å². The molecule has 1 aliphatic heterocycles. The third-order valence-electron chi connectivity index (χ3n) is 3.98. The van der Waals surface area contributed by atoms with E-state index in [1.165, 1.54) is 0 Å². The van der Waals surface area contributed by atoms with Crippen LogP contribution in [0, 0.1) is 5.41 Å². The third kappa shape index (κ3) is 2.14. The van der Waals surface area contributed by atoms with E-state index < -0.39 is 0 Å². The highest BCUT2D eigenvalue weighted by Crippen LogP contribution is 2.35. The topological polar surface area (TPSA) is 46.9 Å². The van der Waals surface area contributed by atoms with Crippen LogP contribution in [0.15, 0.2) is 12.4 Å². The number of hydrogen-bond acceptors (Lipinski definition) is 3. The molecule has 1 N–H and O–H groups in total. The number of ketones is 1. The van der Waals surface area contributed by atoms with E-state index in [9.17, 15) is 4.79 Å². The van der Waals surface area contributed by atoms with E-state index in [1.807, 2.05) is 17.7 Å². The summed E-state index contributed by atoms with van der Waals surface area (Å²) in [6.45, 7) is 6.83. The lowest BCUT2D eigenvalue weighted by Gasteiger charge is -2.35. The van der Waals surface area contributed by atoms with Crippen molar-refractivity contribution in [2.75, 3.05) is 13.1 Å². The number of Topliss-reactive ketones (excluding diaryl/α,β-unsaturated/α-hetero) is 1. The Bertz CT molecular complexity index is 391. The predicted octanol–water partition coefficient (Wildman–Crippen LogP) is 1.87. The van der Waals surface area contributed by atoms with Crippen molar-refractivity contribution in [3.8, 4) is 0 Å². The molecule has 4 heteroatoms. The zero-order valence-corrected chi connectivity index (χ0v) is 10.7.